The number of rotatable bonds is 2. The van der Waals surface area contributed by atoms with Crippen LogP contribution in [-0.2, 0) is 4.74 Å². The molecule has 1 aromatic rings. The molecule has 98 valence electrons. The number of urea groups is 1. The summed E-state index contributed by atoms with van der Waals surface area (Å²) >= 11 is 0. The summed E-state index contributed by atoms with van der Waals surface area (Å²) in [5, 5.41) is 11.6. The highest BCUT2D eigenvalue weighted by Gasteiger charge is 2.23. The molecule has 18 heavy (non-hydrogen) atoms. The van der Waals surface area contributed by atoms with Crippen LogP contribution in [0.2, 0.25) is 0 Å². The molecule has 0 radical (unpaired) electrons. The van der Waals surface area contributed by atoms with E-state index in [2.05, 4.69) is 5.32 Å². The first-order chi connectivity index (χ1) is 8.69. The molecule has 0 aliphatic carbocycles. The number of aliphatic hydroxyl groups excluding tert-OH is 1. The summed E-state index contributed by atoms with van der Waals surface area (Å²) in [5.74, 6) is -0.400. The Bertz CT molecular complexity index is 428. The number of halogens is 1. The molecule has 2 N–H and O–H groups in total. The quantitative estimate of drug-likeness (QED) is 0.829. The number of nitrogens with zero attached hydrogens (tertiary/aromatic N) is 1. The van der Waals surface area contributed by atoms with Gasteiger partial charge in [-0.1, -0.05) is 6.07 Å². The largest absolute Gasteiger partial charge is 0.394 e. The molecule has 1 aliphatic rings. The van der Waals surface area contributed by atoms with E-state index in [0.29, 0.717) is 25.4 Å². The predicted octanol–water partition coefficient (Wildman–Crippen LogP) is 1.05. The summed E-state index contributed by atoms with van der Waals surface area (Å²) in [6, 6.07) is 5.39. The Morgan fingerprint density at radius 2 is 2.44 bits per heavy atom. The zero-order valence-corrected chi connectivity index (χ0v) is 9.80. The Kier molecular flexibility index (Phi) is 4.11. The van der Waals surface area contributed by atoms with Crippen LogP contribution in [-0.4, -0.2) is 48.4 Å². The van der Waals surface area contributed by atoms with Gasteiger partial charge in [0.25, 0.3) is 0 Å². The second-order valence-electron chi connectivity index (χ2n) is 4.06. The first-order valence-corrected chi connectivity index (χ1v) is 5.73. The van der Waals surface area contributed by atoms with E-state index >= 15 is 0 Å². The molecule has 1 aromatic carbocycles. The standard InChI is InChI=1S/C12H15FN2O3/c13-9-2-1-3-10(6-9)14-12(17)15-4-5-18-11(7-15)8-16/h1-3,6,11,16H,4-5,7-8H2,(H,14,17). The molecule has 0 bridgehead atoms. The third kappa shape index (κ3) is 3.18. The average molecular weight is 254 g/mol. The van der Waals surface area contributed by atoms with E-state index in [4.69, 9.17) is 9.84 Å². The zero-order chi connectivity index (χ0) is 13.0. The fraction of sp³-hybridized carbons (Fsp3) is 0.417. The maximum absolute atomic E-state index is 13.0. The number of anilines is 1. The van der Waals surface area contributed by atoms with Gasteiger partial charge in [0, 0.05) is 12.2 Å². The minimum Gasteiger partial charge on any atom is -0.394 e. The van der Waals surface area contributed by atoms with Gasteiger partial charge in [0.2, 0.25) is 0 Å². The summed E-state index contributed by atoms with van der Waals surface area (Å²) in [6.07, 6.45) is -0.350. The molecule has 1 fully saturated rings. The average Bonchev–Trinajstić information content (AvgIpc) is 2.39. The van der Waals surface area contributed by atoms with Crippen LogP contribution < -0.4 is 5.32 Å². The van der Waals surface area contributed by atoms with Gasteiger partial charge in [-0.25, -0.2) is 9.18 Å². The van der Waals surface area contributed by atoms with E-state index in [9.17, 15) is 9.18 Å². The molecule has 6 heteroatoms. The van der Waals surface area contributed by atoms with Gasteiger partial charge in [-0.05, 0) is 18.2 Å². The number of carbonyl (C=O) groups excluding carboxylic acids is 1. The van der Waals surface area contributed by atoms with Gasteiger partial charge in [-0.3, -0.25) is 0 Å². The highest BCUT2D eigenvalue weighted by Crippen LogP contribution is 2.12. The summed E-state index contributed by atoms with van der Waals surface area (Å²) in [4.78, 5) is 13.4. The van der Waals surface area contributed by atoms with Crippen molar-refractivity contribution in [3.63, 3.8) is 0 Å². The van der Waals surface area contributed by atoms with Crippen LogP contribution in [0.25, 0.3) is 0 Å². The van der Waals surface area contributed by atoms with Gasteiger partial charge in [0.15, 0.2) is 0 Å². The van der Waals surface area contributed by atoms with Crippen LogP contribution in [0, 0.1) is 5.82 Å². The van der Waals surface area contributed by atoms with E-state index in [1.165, 1.54) is 23.1 Å². The van der Waals surface area contributed by atoms with Crippen LogP contribution in [0.1, 0.15) is 0 Å². The molecular formula is C12H15FN2O3. The molecular weight excluding hydrogens is 239 g/mol. The SMILES string of the molecule is O=C(Nc1cccc(F)c1)N1CCOC(CO)C1. The van der Waals surface area contributed by atoms with Gasteiger partial charge in [0.1, 0.15) is 5.82 Å². The number of benzene rings is 1. The topological polar surface area (TPSA) is 61.8 Å². The van der Waals surface area contributed by atoms with E-state index in [1.807, 2.05) is 0 Å². The highest BCUT2D eigenvalue weighted by molar-refractivity contribution is 5.89. The summed E-state index contributed by atoms with van der Waals surface area (Å²) in [5.41, 5.74) is 0.409. The molecule has 2 rings (SSSR count). The van der Waals surface area contributed by atoms with Gasteiger partial charge in [-0.15, -0.1) is 0 Å². The van der Waals surface area contributed by atoms with Crippen LogP contribution in [0.4, 0.5) is 14.9 Å². The zero-order valence-electron chi connectivity index (χ0n) is 9.80. The first-order valence-electron chi connectivity index (χ1n) is 5.73. The monoisotopic (exact) mass is 254 g/mol. The van der Waals surface area contributed by atoms with E-state index in [-0.39, 0.29) is 18.7 Å². The Hall–Kier alpha value is -1.66. The Morgan fingerprint density at radius 1 is 1.61 bits per heavy atom. The molecule has 1 unspecified atom stereocenters. The van der Waals surface area contributed by atoms with Crippen molar-refractivity contribution in [3.05, 3.63) is 30.1 Å². The molecule has 5 nitrogen and oxygen atoms in total. The lowest BCUT2D eigenvalue weighted by molar-refractivity contribution is -0.0388. The van der Waals surface area contributed by atoms with Crippen molar-refractivity contribution in [2.24, 2.45) is 0 Å². The maximum atomic E-state index is 13.0. The van der Waals surface area contributed by atoms with Gasteiger partial charge >= 0.3 is 6.03 Å². The number of morpholine rings is 1. The normalized spacial score (nSPS) is 19.7. The third-order valence-corrected chi connectivity index (χ3v) is 2.71. The molecule has 0 saturated carbocycles. The lowest BCUT2D eigenvalue weighted by Crippen LogP contribution is -2.48. The predicted molar refractivity (Wildman–Crippen MR) is 63.8 cm³/mol. The molecule has 0 aromatic heterocycles. The molecule has 1 atom stereocenters. The number of ether oxygens (including phenoxy) is 1. The van der Waals surface area contributed by atoms with Crippen molar-refractivity contribution in [1.29, 1.82) is 0 Å². The summed E-state index contributed by atoms with van der Waals surface area (Å²) in [7, 11) is 0. The van der Waals surface area contributed by atoms with E-state index in [0.717, 1.165) is 0 Å². The Morgan fingerprint density at radius 3 is 3.17 bits per heavy atom. The fourth-order valence-electron chi connectivity index (χ4n) is 1.78. The minimum atomic E-state index is -0.400. The smallest absolute Gasteiger partial charge is 0.322 e. The first kappa shape index (κ1) is 12.8. The van der Waals surface area contributed by atoms with Crippen molar-refractivity contribution >= 4 is 11.7 Å². The number of nitrogens with one attached hydrogen (secondary N) is 1. The van der Waals surface area contributed by atoms with Crippen LogP contribution in [0.15, 0.2) is 24.3 Å². The van der Waals surface area contributed by atoms with Gasteiger partial charge in [0.05, 0.1) is 25.9 Å². The molecule has 1 aliphatic heterocycles. The Balaban J connectivity index is 1.95. The number of amides is 2. The molecule has 1 heterocycles. The van der Waals surface area contributed by atoms with Crippen molar-refractivity contribution in [2.45, 2.75) is 6.10 Å². The Labute approximate surface area is 104 Å². The van der Waals surface area contributed by atoms with Crippen LogP contribution >= 0.6 is 0 Å². The number of aliphatic hydroxyl groups is 1. The van der Waals surface area contributed by atoms with E-state index in [1.54, 1.807) is 6.07 Å². The van der Waals surface area contributed by atoms with Gasteiger partial charge in [-0.2, -0.15) is 0 Å². The second-order valence-corrected chi connectivity index (χ2v) is 4.06. The molecule has 2 amide bonds. The van der Waals surface area contributed by atoms with Crippen LogP contribution in [0.5, 0.6) is 0 Å². The third-order valence-electron chi connectivity index (χ3n) is 2.71. The van der Waals surface area contributed by atoms with E-state index < -0.39 is 5.82 Å². The summed E-state index contributed by atoms with van der Waals surface area (Å²) < 4.78 is 18.2. The van der Waals surface area contributed by atoms with Crippen molar-refractivity contribution in [3.8, 4) is 0 Å². The number of carbonyl (C=O) groups is 1. The lowest BCUT2D eigenvalue weighted by Gasteiger charge is -2.32. The van der Waals surface area contributed by atoms with Crippen LogP contribution in [0.3, 0.4) is 0 Å². The molecule has 0 spiro atoms. The maximum Gasteiger partial charge on any atom is 0.322 e. The number of hydrogen-bond acceptors (Lipinski definition) is 3. The second kappa shape index (κ2) is 5.79. The fourth-order valence-corrected chi connectivity index (χ4v) is 1.78. The van der Waals surface area contributed by atoms with Crippen molar-refractivity contribution in [1.82, 2.24) is 4.90 Å². The molecule has 1 saturated heterocycles. The summed E-state index contributed by atoms with van der Waals surface area (Å²) in [6.45, 7) is 1.06. The highest BCUT2D eigenvalue weighted by atomic mass is 19.1. The van der Waals surface area contributed by atoms with Crippen molar-refractivity contribution < 1.29 is 19.0 Å². The number of hydrogen-bond donors (Lipinski definition) is 2. The minimum absolute atomic E-state index is 0.121. The van der Waals surface area contributed by atoms with Gasteiger partial charge < -0.3 is 20.1 Å². The van der Waals surface area contributed by atoms with Crippen molar-refractivity contribution in [2.75, 3.05) is 31.6 Å². The lowest BCUT2D eigenvalue weighted by atomic mass is 10.3.